The van der Waals surface area contributed by atoms with Gasteiger partial charge in [-0.1, -0.05) is 11.8 Å². The number of methoxy groups -OCH3 is 1. The van der Waals surface area contributed by atoms with Crippen molar-refractivity contribution in [1.82, 2.24) is 9.55 Å². The monoisotopic (exact) mass is 305 g/mol. The molecule has 0 saturated heterocycles. The van der Waals surface area contributed by atoms with Gasteiger partial charge >= 0.3 is 5.97 Å². The van der Waals surface area contributed by atoms with Crippen LogP contribution in [0.25, 0.3) is 11.0 Å². The zero-order valence-corrected chi connectivity index (χ0v) is 12.6. The molecule has 2 aromatic rings. The number of rotatable bonds is 6. The van der Waals surface area contributed by atoms with E-state index in [9.17, 15) is 4.79 Å². The summed E-state index contributed by atoms with van der Waals surface area (Å²) in [5, 5.41) is 18.5. The Balaban J connectivity index is 2.52. The van der Waals surface area contributed by atoms with Gasteiger partial charge in [0, 0.05) is 7.11 Å². The number of hydrogen-bond donors (Lipinski definition) is 1. The van der Waals surface area contributed by atoms with Crippen LogP contribution in [0.3, 0.4) is 0 Å². The summed E-state index contributed by atoms with van der Waals surface area (Å²) in [5.74, 6) is -0.954. The van der Waals surface area contributed by atoms with Crippen molar-refractivity contribution in [3.63, 3.8) is 0 Å². The second kappa shape index (κ2) is 6.61. The number of nitriles is 1. The smallest absolute Gasteiger partial charge is 0.313 e. The van der Waals surface area contributed by atoms with Crippen molar-refractivity contribution in [2.75, 3.05) is 19.5 Å². The molecule has 0 saturated carbocycles. The third-order valence-electron chi connectivity index (χ3n) is 2.96. The van der Waals surface area contributed by atoms with E-state index in [4.69, 9.17) is 15.1 Å². The number of carboxylic acids is 1. The number of thioether (sulfide) groups is 1. The number of aliphatic carboxylic acids is 1. The Hall–Kier alpha value is -2.04. The SMILES string of the molecule is COCC(C)n1c(SCC(=O)O)nc2ccc(C#N)cc21. The molecule has 1 N–H and O–H groups in total. The minimum Gasteiger partial charge on any atom is -0.481 e. The van der Waals surface area contributed by atoms with Crippen molar-refractivity contribution in [3.8, 4) is 6.07 Å². The van der Waals surface area contributed by atoms with Gasteiger partial charge in [0.15, 0.2) is 5.16 Å². The minimum atomic E-state index is -0.893. The Morgan fingerprint density at radius 3 is 3.00 bits per heavy atom. The van der Waals surface area contributed by atoms with Crippen LogP contribution >= 0.6 is 11.8 Å². The van der Waals surface area contributed by atoms with E-state index in [1.165, 1.54) is 0 Å². The third kappa shape index (κ3) is 3.35. The van der Waals surface area contributed by atoms with Crippen molar-refractivity contribution in [3.05, 3.63) is 23.8 Å². The van der Waals surface area contributed by atoms with Crippen molar-refractivity contribution < 1.29 is 14.6 Å². The van der Waals surface area contributed by atoms with Gasteiger partial charge < -0.3 is 14.4 Å². The number of fused-ring (bicyclic) bond motifs is 1. The lowest BCUT2D eigenvalue weighted by Gasteiger charge is -2.16. The summed E-state index contributed by atoms with van der Waals surface area (Å²) < 4.78 is 7.10. The molecule has 1 unspecified atom stereocenters. The number of aromatic nitrogens is 2. The molecule has 1 heterocycles. The van der Waals surface area contributed by atoms with Crippen LogP contribution in [-0.4, -0.2) is 40.1 Å². The van der Waals surface area contributed by atoms with E-state index in [-0.39, 0.29) is 11.8 Å². The molecule has 0 aliphatic heterocycles. The maximum absolute atomic E-state index is 10.8. The molecule has 0 bridgehead atoms. The van der Waals surface area contributed by atoms with Crippen LogP contribution in [0.4, 0.5) is 0 Å². The second-order valence-electron chi connectivity index (χ2n) is 4.57. The lowest BCUT2D eigenvalue weighted by molar-refractivity contribution is -0.133. The Bertz CT molecular complexity index is 705. The highest BCUT2D eigenvalue weighted by Crippen LogP contribution is 2.28. The molecule has 7 heteroatoms. The third-order valence-corrected chi connectivity index (χ3v) is 3.90. The highest BCUT2D eigenvalue weighted by Gasteiger charge is 2.17. The molecule has 110 valence electrons. The van der Waals surface area contributed by atoms with Gasteiger partial charge in [0.1, 0.15) is 0 Å². The van der Waals surface area contributed by atoms with Crippen molar-refractivity contribution in [2.45, 2.75) is 18.1 Å². The fraction of sp³-hybridized carbons (Fsp3) is 0.357. The fourth-order valence-electron chi connectivity index (χ4n) is 2.11. The number of ether oxygens (including phenoxy) is 1. The Morgan fingerprint density at radius 1 is 1.62 bits per heavy atom. The molecule has 0 spiro atoms. The summed E-state index contributed by atoms with van der Waals surface area (Å²) >= 11 is 1.16. The molecule has 0 fully saturated rings. The van der Waals surface area contributed by atoms with E-state index in [0.29, 0.717) is 17.3 Å². The Kier molecular flexibility index (Phi) is 4.83. The van der Waals surface area contributed by atoms with Gasteiger partial charge in [-0.3, -0.25) is 4.79 Å². The molecule has 1 aromatic carbocycles. The topological polar surface area (TPSA) is 88.1 Å². The predicted molar refractivity (Wildman–Crippen MR) is 79.4 cm³/mol. The number of carbonyl (C=O) groups is 1. The fourth-order valence-corrected chi connectivity index (χ4v) is 2.94. The number of nitrogens with zero attached hydrogens (tertiary/aromatic N) is 3. The quantitative estimate of drug-likeness (QED) is 0.824. The molecule has 1 aromatic heterocycles. The molecule has 2 rings (SSSR count). The van der Waals surface area contributed by atoms with Crippen molar-refractivity contribution in [1.29, 1.82) is 5.26 Å². The molecule has 0 amide bonds. The van der Waals surface area contributed by atoms with Crippen LogP contribution in [0.2, 0.25) is 0 Å². The highest BCUT2D eigenvalue weighted by molar-refractivity contribution is 7.99. The first-order chi connectivity index (χ1) is 10.1. The summed E-state index contributed by atoms with van der Waals surface area (Å²) in [5.41, 5.74) is 2.10. The van der Waals surface area contributed by atoms with E-state index in [0.717, 1.165) is 22.8 Å². The molecule has 0 aliphatic rings. The Morgan fingerprint density at radius 2 is 2.38 bits per heavy atom. The first-order valence-corrected chi connectivity index (χ1v) is 7.31. The van der Waals surface area contributed by atoms with E-state index in [1.807, 2.05) is 11.5 Å². The van der Waals surface area contributed by atoms with Crippen LogP contribution in [0.5, 0.6) is 0 Å². The minimum absolute atomic E-state index is 0.00904. The number of carboxylic acid groups (broad SMARTS) is 1. The van der Waals surface area contributed by atoms with E-state index in [2.05, 4.69) is 11.1 Å². The molecule has 21 heavy (non-hydrogen) atoms. The van der Waals surface area contributed by atoms with Crippen LogP contribution < -0.4 is 0 Å². The van der Waals surface area contributed by atoms with Crippen LogP contribution in [0, 0.1) is 11.3 Å². The average molecular weight is 305 g/mol. The lowest BCUT2D eigenvalue weighted by Crippen LogP contribution is -2.12. The van der Waals surface area contributed by atoms with Gasteiger partial charge in [-0.2, -0.15) is 5.26 Å². The summed E-state index contributed by atoms with van der Waals surface area (Å²) in [6.07, 6.45) is 0. The van der Waals surface area contributed by atoms with Gasteiger partial charge in [0.05, 0.1) is 41.1 Å². The molecule has 0 aliphatic carbocycles. The number of hydrogen-bond acceptors (Lipinski definition) is 5. The predicted octanol–water partition coefficient (Wildman–Crippen LogP) is 2.29. The molecule has 6 nitrogen and oxygen atoms in total. The first-order valence-electron chi connectivity index (χ1n) is 6.32. The summed E-state index contributed by atoms with van der Waals surface area (Å²) in [6, 6.07) is 7.33. The van der Waals surface area contributed by atoms with Gasteiger partial charge in [-0.05, 0) is 25.1 Å². The van der Waals surface area contributed by atoms with E-state index >= 15 is 0 Å². The van der Waals surface area contributed by atoms with Crippen LogP contribution in [0.1, 0.15) is 18.5 Å². The maximum Gasteiger partial charge on any atom is 0.313 e. The Labute approximate surface area is 126 Å². The summed E-state index contributed by atoms with van der Waals surface area (Å²) in [6.45, 7) is 2.44. The molecule has 0 radical (unpaired) electrons. The largest absolute Gasteiger partial charge is 0.481 e. The van der Waals surface area contributed by atoms with E-state index < -0.39 is 5.97 Å². The second-order valence-corrected chi connectivity index (χ2v) is 5.51. The maximum atomic E-state index is 10.8. The zero-order chi connectivity index (χ0) is 15.4. The van der Waals surface area contributed by atoms with Crippen molar-refractivity contribution >= 4 is 28.8 Å². The molecular formula is C14H15N3O3S. The summed E-state index contributed by atoms with van der Waals surface area (Å²) in [4.78, 5) is 15.2. The summed E-state index contributed by atoms with van der Waals surface area (Å²) in [7, 11) is 1.61. The first kappa shape index (κ1) is 15.4. The lowest BCUT2D eigenvalue weighted by atomic mass is 10.2. The molecular weight excluding hydrogens is 290 g/mol. The zero-order valence-electron chi connectivity index (χ0n) is 11.7. The standard InChI is InChI=1S/C14H15N3O3S/c1-9(7-20-2)17-12-5-10(6-15)3-4-11(12)16-14(17)21-8-13(18)19/h3-5,9H,7-8H2,1-2H3,(H,18,19). The van der Waals surface area contributed by atoms with Crippen molar-refractivity contribution in [2.24, 2.45) is 0 Å². The van der Waals surface area contributed by atoms with Crippen LogP contribution in [-0.2, 0) is 9.53 Å². The van der Waals surface area contributed by atoms with E-state index in [1.54, 1.807) is 25.3 Å². The van der Waals surface area contributed by atoms with Gasteiger partial charge in [-0.15, -0.1) is 0 Å². The molecule has 1 atom stereocenters. The highest BCUT2D eigenvalue weighted by atomic mass is 32.2. The number of benzene rings is 1. The number of imidazole rings is 1. The van der Waals surface area contributed by atoms with Crippen LogP contribution in [0.15, 0.2) is 23.4 Å². The van der Waals surface area contributed by atoms with Gasteiger partial charge in [-0.25, -0.2) is 4.98 Å². The average Bonchev–Trinajstić information content (AvgIpc) is 2.82. The van der Waals surface area contributed by atoms with Gasteiger partial charge in [0.25, 0.3) is 0 Å². The normalized spacial score (nSPS) is 12.2. The van der Waals surface area contributed by atoms with Gasteiger partial charge in [0.2, 0.25) is 0 Å².